The minimum absolute atomic E-state index is 0.0178. The highest BCUT2D eigenvalue weighted by atomic mass is 35.7. The molecule has 0 bridgehead atoms. The molecule has 3 heterocycles. The Kier molecular flexibility index (Phi) is 5.46. The third-order valence-electron chi connectivity index (χ3n) is 4.85. The van der Waals surface area contributed by atoms with Crippen LogP contribution >= 0.6 is 22.0 Å². The quantitative estimate of drug-likeness (QED) is 0.716. The van der Waals surface area contributed by atoms with Gasteiger partial charge in [0.1, 0.15) is 14.8 Å². The van der Waals surface area contributed by atoms with Gasteiger partial charge in [0.05, 0.1) is 11.4 Å². The molecule has 0 saturated carbocycles. The molecular weight excluding hydrogens is 394 g/mol. The number of aryl methyl sites for hydroxylation is 1. The Hall–Kier alpha value is -1.38. The van der Waals surface area contributed by atoms with E-state index in [1.807, 2.05) is 11.8 Å². The topological polar surface area (TPSA) is 72.3 Å². The van der Waals surface area contributed by atoms with Crippen molar-refractivity contribution in [1.29, 1.82) is 0 Å². The van der Waals surface area contributed by atoms with Crippen LogP contribution in [-0.4, -0.2) is 41.9 Å². The van der Waals surface area contributed by atoms with Gasteiger partial charge >= 0.3 is 0 Å². The van der Waals surface area contributed by atoms with Crippen LogP contribution in [-0.2, 0) is 16.1 Å². The van der Waals surface area contributed by atoms with Crippen molar-refractivity contribution < 1.29 is 13.2 Å². The summed E-state index contributed by atoms with van der Waals surface area (Å²) in [7, 11) is 3.46. The first-order valence-corrected chi connectivity index (χ1v) is 11.7. The van der Waals surface area contributed by atoms with Gasteiger partial charge in [-0.1, -0.05) is 12.8 Å². The van der Waals surface area contributed by atoms with Crippen molar-refractivity contribution in [1.82, 2.24) is 14.5 Å². The molecule has 0 unspecified atom stereocenters. The van der Waals surface area contributed by atoms with Crippen molar-refractivity contribution in [3.8, 4) is 10.7 Å². The Bertz CT molecular complexity index is 939. The van der Waals surface area contributed by atoms with Crippen LogP contribution in [0.1, 0.15) is 46.7 Å². The molecule has 0 aromatic carbocycles. The van der Waals surface area contributed by atoms with E-state index in [9.17, 15) is 13.2 Å². The largest absolute Gasteiger partial charge is 0.345 e. The number of hydrogen-bond donors (Lipinski definition) is 0. The molecule has 142 valence electrons. The Labute approximate surface area is 162 Å². The van der Waals surface area contributed by atoms with Gasteiger partial charge < -0.3 is 9.47 Å². The van der Waals surface area contributed by atoms with E-state index >= 15 is 0 Å². The van der Waals surface area contributed by atoms with Crippen LogP contribution in [0.3, 0.4) is 0 Å². The van der Waals surface area contributed by atoms with E-state index in [1.54, 1.807) is 18.5 Å². The van der Waals surface area contributed by atoms with Gasteiger partial charge in [-0.25, -0.2) is 13.4 Å². The summed E-state index contributed by atoms with van der Waals surface area (Å²) >= 11 is 1.31. The molecule has 26 heavy (non-hydrogen) atoms. The smallest absolute Gasteiger partial charge is 0.265 e. The van der Waals surface area contributed by atoms with Crippen LogP contribution in [0, 0.1) is 13.8 Å². The van der Waals surface area contributed by atoms with Gasteiger partial charge in [0, 0.05) is 36.5 Å². The van der Waals surface area contributed by atoms with Gasteiger partial charge in [-0.15, -0.1) is 11.3 Å². The number of thiazole rings is 1. The van der Waals surface area contributed by atoms with E-state index in [1.165, 1.54) is 17.4 Å². The average molecular weight is 416 g/mol. The number of halogens is 1. The number of carbonyl (C=O) groups is 1. The lowest BCUT2D eigenvalue weighted by molar-refractivity contribution is 0.0765. The van der Waals surface area contributed by atoms with Crippen molar-refractivity contribution in [3.63, 3.8) is 0 Å². The molecule has 0 atom stereocenters. The SMILES string of the molecule is Cc1nc(-c2cc(S(=O)(=O)Cl)c(C)n2C)sc1C(=O)N1CCCCCC1. The Balaban J connectivity index is 1.97. The lowest BCUT2D eigenvalue weighted by atomic mass is 10.2. The zero-order chi connectivity index (χ0) is 19.1. The number of hydrogen-bond acceptors (Lipinski definition) is 5. The second kappa shape index (κ2) is 7.32. The van der Waals surface area contributed by atoms with Crippen LogP contribution in [0.25, 0.3) is 10.7 Å². The Morgan fingerprint density at radius 2 is 1.81 bits per heavy atom. The highest BCUT2D eigenvalue weighted by molar-refractivity contribution is 8.13. The molecule has 6 nitrogen and oxygen atoms in total. The van der Waals surface area contributed by atoms with Gasteiger partial charge in [0.25, 0.3) is 15.0 Å². The molecule has 0 spiro atoms. The molecule has 1 saturated heterocycles. The molecule has 0 radical (unpaired) electrons. The minimum Gasteiger partial charge on any atom is -0.345 e. The number of nitrogens with zero attached hydrogens (tertiary/aromatic N) is 3. The van der Waals surface area contributed by atoms with Gasteiger partial charge in [0.2, 0.25) is 0 Å². The lowest BCUT2D eigenvalue weighted by Gasteiger charge is -2.19. The molecule has 1 amide bonds. The second-order valence-corrected chi connectivity index (χ2v) is 10.1. The first-order valence-electron chi connectivity index (χ1n) is 8.58. The molecule has 1 aliphatic heterocycles. The first kappa shape index (κ1) is 19.4. The monoisotopic (exact) mass is 415 g/mol. The van der Waals surface area contributed by atoms with Gasteiger partial charge in [0.15, 0.2) is 0 Å². The number of aromatic nitrogens is 2. The van der Waals surface area contributed by atoms with Crippen LogP contribution in [0.4, 0.5) is 0 Å². The van der Waals surface area contributed by atoms with Crippen molar-refractivity contribution in [2.45, 2.75) is 44.4 Å². The van der Waals surface area contributed by atoms with Gasteiger partial charge in [-0.05, 0) is 32.8 Å². The van der Waals surface area contributed by atoms with Gasteiger partial charge in [-0.2, -0.15) is 0 Å². The van der Waals surface area contributed by atoms with Crippen LogP contribution < -0.4 is 0 Å². The fraction of sp³-hybridized carbons (Fsp3) is 0.529. The van der Waals surface area contributed by atoms with Crippen molar-refractivity contribution >= 4 is 37.0 Å². The molecule has 3 rings (SSSR count). The molecule has 1 fully saturated rings. The zero-order valence-electron chi connectivity index (χ0n) is 15.1. The lowest BCUT2D eigenvalue weighted by Crippen LogP contribution is -2.31. The molecule has 2 aromatic rings. The summed E-state index contributed by atoms with van der Waals surface area (Å²) in [4.78, 5) is 20.0. The van der Waals surface area contributed by atoms with E-state index in [4.69, 9.17) is 10.7 Å². The van der Waals surface area contributed by atoms with E-state index in [2.05, 4.69) is 4.98 Å². The van der Waals surface area contributed by atoms with Gasteiger partial charge in [-0.3, -0.25) is 4.79 Å². The van der Waals surface area contributed by atoms with E-state index < -0.39 is 9.05 Å². The highest BCUT2D eigenvalue weighted by Gasteiger charge is 2.25. The summed E-state index contributed by atoms with van der Waals surface area (Å²) < 4.78 is 25.2. The summed E-state index contributed by atoms with van der Waals surface area (Å²) in [6.45, 7) is 5.08. The van der Waals surface area contributed by atoms with Crippen LogP contribution in [0.2, 0.25) is 0 Å². The number of likely N-dealkylation sites (tertiary alicyclic amines) is 1. The fourth-order valence-corrected chi connectivity index (χ4v) is 5.54. The molecule has 1 aliphatic rings. The maximum Gasteiger partial charge on any atom is 0.265 e. The second-order valence-electron chi connectivity index (χ2n) is 6.62. The standard InChI is InChI=1S/C17H22ClN3O3S2/c1-11-15(17(22)21-8-6-4-5-7-9-21)25-16(19-11)13-10-14(26(18,23)24)12(2)20(13)3/h10H,4-9H2,1-3H3. The summed E-state index contributed by atoms with van der Waals surface area (Å²) in [6.07, 6.45) is 4.39. The fourth-order valence-electron chi connectivity index (χ4n) is 3.25. The maximum atomic E-state index is 12.9. The molecule has 0 N–H and O–H groups in total. The number of amides is 1. The maximum absolute atomic E-state index is 12.9. The predicted molar refractivity (Wildman–Crippen MR) is 103 cm³/mol. The van der Waals surface area contributed by atoms with E-state index in [0.717, 1.165) is 38.8 Å². The predicted octanol–water partition coefficient (Wildman–Crippen LogP) is 3.71. The molecule has 9 heteroatoms. The summed E-state index contributed by atoms with van der Waals surface area (Å²) in [5, 5.41) is 0.623. The zero-order valence-corrected chi connectivity index (χ0v) is 17.5. The summed E-state index contributed by atoms with van der Waals surface area (Å²) in [6, 6.07) is 1.52. The van der Waals surface area contributed by atoms with Crippen LogP contribution in [0.15, 0.2) is 11.0 Å². The highest BCUT2D eigenvalue weighted by Crippen LogP contribution is 2.34. The molecule has 0 aliphatic carbocycles. The minimum atomic E-state index is -3.83. The molecular formula is C17H22ClN3O3S2. The van der Waals surface area contributed by atoms with Crippen molar-refractivity contribution in [2.75, 3.05) is 13.1 Å². The Morgan fingerprint density at radius 1 is 1.19 bits per heavy atom. The van der Waals surface area contributed by atoms with Crippen LogP contribution in [0.5, 0.6) is 0 Å². The Morgan fingerprint density at radius 3 is 2.35 bits per heavy atom. The van der Waals surface area contributed by atoms with Crippen molar-refractivity contribution in [3.05, 3.63) is 22.3 Å². The normalized spacial score (nSPS) is 15.9. The molecule has 2 aromatic heterocycles. The third kappa shape index (κ3) is 3.68. The number of rotatable bonds is 3. The first-order chi connectivity index (χ1) is 12.2. The number of carbonyl (C=O) groups excluding carboxylic acids is 1. The summed E-state index contributed by atoms with van der Waals surface area (Å²) in [5.74, 6) is 0.0178. The van der Waals surface area contributed by atoms with E-state index in [0.29, 0.717) is 27.0 Å². The van der Waals surface area contributed by atoms with Crippen molar-refractivity contribution in [2.24, 2.45) is 7.05 Å². The third-order valence-corrected chi connectivity index (χ3v) is 7.46. The summed E-state index contributed by atoms with van der Waals surface area (Å²) in [5.41, 5.74) is 1.86. The van der Waals surface area contributed by atoms with E-state index in [-0.39, 0.29) is 10.8 Å². The average Bonchev–Trinajstić information content (AvgIpc) is 2.95.